The number of halogens is 2. The van der Waals surface area contributed by atoms with Gasteiger partial charge in [0.25, 0.3) is 5.91 Å². The van der Waals surface area contributed by atoms with Crippen LogP contribution in [0.4, 0.5) is 14.9 Å². The monoisotopic (exact) mass is 433 g/mol. The summed E-state index contributed by atoms with van der Waals surface area (Å²) >= 11 is 3.38. The van der Waals surface area contributed by atoms with Crippen molar-refractivity contribution >= 4 is 39.5 Å². The number of carbonyl (C=O) groups excluding carboxylic acids is 3. The number of benzene rings is 2. The van der Waals surface area contributed by atoms with Crippen molar-refractivity contribution in [3.8, 4) is 0 Å². The van der Waals surface area contributed by atoms with Gasteiger partial charge in [-0.05, 0) is 55.3 Å². The minimum Gasteiger partial charge on any atom is -0.325 e. The van der Waals surface area contributed by atoms with Gasteiger partial charge in [-0.3, -0.25) is 14.5 Å². The minimum absolute atomic E-state index is 0.420. The molecule has 0 bridgehead atoms. The number of nitrogens with zero attached hydrogens (tertiary/aromatic N) is 1. The number of urea groups is 1. The van der Waals surface area contributed by atoms with E-state index in [0.29, 0.717) is 11.3 Å². The van der Waals surface area contributed by atoms with Crippen molar-refractivity contribution in [1.29, 1.82) is 0 Å². The second kappa shape index (κ2) is 7.11. The van der Waals surface area contributed by atoms with E-state index in [4.69, 9.17) is 0 Å². The SMILES string of the molecule is Cc1cc(NC(=O)CN2C(=O)N[C@@](C)(c3ccc(F)cc3)C2=O)ccc1Br. The summed E-state index contributed by atoms with van der Waals surface area (Å²) in [6, 6.07) is 9.90. The van der Waals surface area contributed by atoms with Crippen LogP contribution in [0.25, 0.3) is 0 Å². The highest BCUT2D eigenvalue weighted by Gasteiger charge is 2.49. The Bertz CT molecular complexity index is 932. The summed E-state index contributed by atoms with van der Waals surface area (Å²) in [5.41, 5.74) is 0.591. The Labute approximate surface area is 163 Å². The van der Waals surface area contributed by atoms with E-state index in [9.17, 15) is 18.8 Å². The molecule has 1 aliphatic rings. The molecule has 1 heterocycles. The second-order valence-corrected chi connectivity index (χ2v) is 7.32. The third-order valence-electron chi connectivity index (χ3n) is 4.44. The van der Waals surface area contributed by atoms with Crippen molar-refractivity contribution in [3.05, 3.63) is 63.9 Å². The summed E-state index contributed by atoms with van der Waals surface area (Å²) in [5.74, 6) is -1.51. The van der Waals surface area contributed by atoms with E-state index in [1.807, 2.05) is 6.92 Å². The zero-order valence-corrected chi connectivity index (χ0v) is 16.3. The van der Waals surface area contributed by atoms with Gasteiger partial charge in [0.15, 0.2) is 0 Å². The first-order valence-corrected chi connectivity index (χ1v) is 8.96. The molecular weight excluding hydrogens is 417 g/mol. The molecule has 0 spiro atoms. The van der Waals surface area contributed by atoms with E-state index < -0.39 is 35.7 Å². The topological polar surface area (TPSA) is 78.5 Å². The van der Waals surface area contributed by atoms with Crippen molar-refractivity contribution in [3.63, 3.8) is 0 Å². The fourth-order valence-electron chi connectivity index (χ4n) is 2.89. The average Bonchev–Trinajstić information content (AvgIpc) is 2.83. The van der Waals surface area contributed by atoms with Crippen molar-refractivity contribution in [2.45, 2.75) is 19.4 Å². The smallest absolute Gasteiger partial charge is 0.325 e. The van der Waals surface area contributed by atoms with Crippen LogP contribution in [0.3, 0.4) is 0 Å². The lowest BCUT2D eigenvalue weighted by molar-refractivity contribution is -0.133. The summed E-state index contributed by atoms with van der Waals surface area (Å²) in [6.07, 6.45) is 0. The summed E-state index contributed by atoms with van der Waals surface area (Å²) in [7, 11) is 0. The van der Waals surface area contributed by atoms with E-state index in [1.165, 1.54) is 31.2 Å². The number of amides is 4. The fourth-order valence-corrected chi connectivity index (χ4v) is 3.13. The molecule has 140 valence electrons. The number of nitrogens with one attached hydrogen (secondary N) is 2. The van der Waals surface area contributed by atoms with Gasteiger partial charge < -0.3 is 10.6 Å². The predicted molar refractivity (Wildman–Crippen MR) is 102 cm³/mol. The Kier molecular flexibility index (Phi) is 5.01. The van der Waals surface area contributed by atoms with Crippen LogP contribution in [0, 0.1) is 12.7 Å². The number of imide groups is 1. The summed E-state index contributed by atoms with van der Waals surface area (Å²) in [5, 5.41) is 5.25. The molecule has 1 saturated heterocycles. The molecule has 2 aromatic carbocycles. The van der Waals surface area contributed by atoms with Crippen LogP contribution in [0.5, 0.6) is 0 Å². The van der Waals surface area contributed by atoms with Gasteiger partial charge in [-0.15, -0.1) is 0 Å². The standard InChI is InChI=1S/C19H17BrFN3O3/c1-11-9-14(7-8-15(11)20)22-16(25)10-24-17(26)19(2,23-18(24)27)12-3-5-13(21)6-4-12/h3-9H,10H2,1-2H3,(H,22,25)(H,23,27)/t19-/m0/s1. The maximum absolute atomic E-state index is 13.1. The maximum Gasteiger partial charge on any atom is 0.325 e. The molecular formula is C19H17BrFN3O3. The quantitative estimate of drug-likeness (QED) is 0.725. The van der Waals surface area contributed by atoms with Crippen LogP contribution in [0.1, 0.15) is 18.1 Å². The van der Waals surface area contributed by atoms with E-state index in [1.54, 1.807) is 18.2 Å². The van der Waals surface area contributed by atoms with Crippen LogP contribution in [-0.4, -0.2) is 29.3 Å². The molecule has 2 aromatic rings. The van der Waals surface area contributed by atoms with Crippen LogP contribution >= 0.6 is 15.9 Å². The van der Waals surface area contributed by atoms with Crippen molar-refractivity contribution in [2.75, 3.05) is 11.9 Å². The Balaban J connectivity index is 1.74. The van der Waals surface area contributed by atoms with Gasteiger partial charge in [0.05, 0.1) is 0 Å². The highest BCUT2D eigenvalue weighted by molar-refractivity contribution is 9.10. The summed E-state index contributed by atoms with van der Waals surface area (Å²) in [4.78, 5) is 38.2. The Hall–Kier alpha value is -2.74. The fraction of sp³-hybridized carbons (Fsp3) is 0.211. The molecule has 3 rings (SSSR count). The van der Waals surface area contributed by atoms with E-state index in [2.05, 4.69) is 26.6 Å². The number of rotatable bonds is 4. The molecule has 8 heteroatoms. The normalized spacial score (nSPS) is 19.2. The molecule has 0 unspecified atom stereocenters. The zero-order valence-electron chi connectivity index (χ0n) is 14.7. The average molecular weight is 434 g/mol. The van der Waals surface area contributed by atoms with Gasteiger partial charge in [-0.2, -0.15) is 0 Å². The molecule has 0 saturated carbocycles. The van der Waals surface area contributed by atoms with E-state index in [0.717, 1.165) is 14.9 Å². The lowest BCUT2D eigenvalue weighted by atomic mass is 9.92. The molecule has 1 aliphatic heterocycles. The molecule has 0 aromatic heterocycles. The first-order valence-electron chi connectivity index (χ1n) is 8.17. The third kappa shape index (κ3) is 3.71. The van der Waals surface area contributed by atoms with Gasteiger partial charge in [0.2, 0.25) is 5.91 Å². The molecule has 0 radical (unpaired) electrons. The van der Waals surface area contributed by atoms with Gasteiger partial charge in [-0.1, -0.05) is 28.1 Å². The van der Waals surface area contributed by atoms with Crippen molar-refractivity contribution in [2.24, 2.45) is 0 Å². The van der Waals surface area contributed by atoms with Crippen molar-refractivity contribution in [1.82, 2.24) is 10.2 Å². The molecule has 6 nitrogen and oxygen atoms in total. The largest absolute Gasteiger partial charge is 0.325 e. The highest BCUT2D eigenvalue weighted by atomic mass is 79.9. The molecule has 4 amide bonds. The highest BCUT2D eigenvalue weighted by Crippen LogP contribution is 2.29. The van der Waals surface area contributed by atoms with E-state index >= 15 is 0 Å². The summed E-state index contributed by atoms with van der Waals surface area (Å²) < 4.78 is 14.0. The van der Waals surface area contributed by atoms with Gasteiger partial charge in [-0.25, -0.2) is 9.18 Å². The van der Waals surface area contributed by atoms with Crippen LogP contribution in [-0.2, 0) is 15.1 Å². The van der Waals surface area contributed by atoms with Crippen molar-refractivity contribution < 1.29 is 18.8 Å². The van der Waals surface area contributed by atoms with E-state index in [-0.39, 0.29) is 0 Å². The number of carbonyl (C=O) groups is 3. The molecule has 1 fully saturated rings. The van der Waals surface area contributed by atoms with Crippen LogP contribution in [0.2, 0.25) is 0 Å². The lowest BCUT2D eigenvalue weighted by Gasteiger charge is -2.22. The molecule has 2 N–H and O–H groups in total. The Morgan fingerprint density at radius 3 is 2.52 bits per heavy atom. The number of hydrogen-bond donors (Lipinski definition) is 2. The van der Waals surface area contributed by atoms with Crippen LogP contribution in [0.15, 0.2) is 46.9 Å². The number of anilines is 1. The molecule has 27 heavy (non-hydrogen) atoms. The number of hydrogen-bond acceptors (Lipinski definition) is 3. The molecule has 0 aliphatic carbocycles. The maximum atomic E-state index is 13.1. The lowest BCUT2D eigenvalue weighted by Crippen LogP contribution is -2.42. The second-order valence-electron chi connectivity index (χ2n) is 6.47. The number of aryl methyl sites for hydroxylation is 1. The zero-order chi connectivity index (χ0) is 19.8. The first kappa shape index (κ1) is 19.0. The third-order valence-corrected chi connectivity index (χ3v) is 5.33. The molecule has 1 atom stereocenters. The predicted octanol–water partition coefficient (Wildman–Crippen LogP) is 3.30. The van der Waals surface area contributed by atoms with Crippen LogP contribution < -0.4 is 10.6 Å². The van der Waals surface area contributed by atoms with Gasteiger partial charge >= 0.3 is 6.03 Å². The first-order chi connectivity index (χ1) is 12.7. The Morgan fingerprint density at radius 1 is 1.22 bits per heavy atom. The summed E-state index contributed by atoms with van der Waals surface area (Å²) in [6.45, 7) is 2.98. The van der Waals surface area contributed by atoms with Gasteiger partial charge in [0.1, 0.15) is 17.9 Å². The Morgan fingerprint density at radius 2 is 1.89 bits per heavy atom. The minimum atomic E-state index is -1.35. The van der Waals surface area contributed by atoms with Gasteiger partial charge in [0, 0.05) is 10.2 Å².